The molecule has 0 unspecified atom stereocenters. The average Bonchev–Trinajstić information content (AvgIpc) is 2.81. The Morgan fingerprint density at radius 2 is 1.62 bits per heavy atom. The normalized spacial score (nSPS) is 12.1. The van der Waals surface area contributed by atoms with Gasteiger partial charge in [0.2, 0.25) is 0 Å². The predicted octanol–water partition coefficient (Wildman–Crippen LogP) is 3.24. The van der Waals surface area contributed by atoms with Gasteiger partial charge in [0, 0.05) is 12.1 Å². The maximum atomic E-state index is 13.4. The molecule has 0 aliphatic rings. The zero-order valence-electron chi connectivity index (χ0n) is 18.1. The van der Waals surface area contributed by atoms with E-state index in [0.29, 0.717) is 0 Å². The van der Waals surface area contributed by atoms with Crippen molar-refractivity contribution < 1.29 is 33.1 Å². The van der Waals surface area contributed by atoms with Crippen LogP contribution in [0.2, 0.25) is 0 Å². The minimum absolute atomic E-state index is 0.00361. The second-order valence-electron chi connectivity index (χ2n) is 7.42. The van der Waals surface area contributed by atoms with Crippen molar-refractivity contribution in [2.24, 2.45) is 0 Å². The molecule has 2 N–H and O–H groups in total. The van der Waals surface area contributed by atoms with E-state index in [2.05, 4.69) is 0 Å². The van der Waals surface area contributed by atoms with E-state index in [1.165, 1.54) is 60.7 Å². The Bertz CT molecular complexity index is 1260. The highest BCUT2D eigenvalue weighted by Crippen LogP contribution is 2.25. The van der Waals surface area contributed by atoms with Gasteiger partial charge >= 0.3 is 5.97 Å². The second kappa shape index (κ2) is 10.3. The van der Waals surface area contributed by atoms with Crippen LogP contribution in [-0.4, -0.2) is 48.8 Å². The quantitative estimate of drug-likeness (QED) is 0.328. The number of aryl methyl sites for hydroxylation is 1. The van der Waals surface area contributed by atoms with Crippen LogP contribution in [0, 0.1) is 17.0 Å². The number of aliphatic hydroxyl groups is 1. The van der Waals surface area contributed by atoms with Gasteiger partial charge in [0.1, 0.15) is 18.5 Å². The van der Waals surface area contributed by atoms with E-state index in [1.807, 2.05) is 6.92 Å². The summed E-state index contributed by atoms with van der Waals surface area (Å²) in [7, 11) is -4.10. The van der Waals surface area contributed by atoms with Crippen LogP contribution in [0.25, 0.3) is 0 Å². The average molecular weight is 487 g/mol. The van der Waals surface area contributed by atoms with Gasteiger partial charge in [-0.05, 0) is 55.5 Å². The molecule has 0 saturated heterocycles. The van der Waals surface area contributed by atoms with Crippen molar-refractivity contribution >= 4 is 27.4 Å². The van der Waals surface area contributed by atoms with Gasteiger partial charge < -0.3 is 14.9 Å². The summed E-state index contributed by atoms with van der Waals surface area (Å²) in [6, 6.07) is 16.7. The fourth-order valence-corrected chi connectivity index (χ4v) is 4.55. The molecule has 0 saturated carbocycles. The number of carboxylic acid groups (broad SMARTS) is 1. The largest absolute Gasteiger partial charge is 0.491 e. The van der Waals surface area contributed by atoms with E-state index < -0.39 is 27.0 Å². The molecular weight excluding hydrogens is 464 g/mol. The van der Waals surface area contributed by atoms with Crippen LogP contribution in [0.5, 0.6) is 5.75 Å². The van der Waals surface area contributed by atoms with Crippen LogP contribution < -0.4 is 9.04 Å². The summed E-state index contributed by atoms with van der Waals surface area (Å²) < 4.78 is 33.2. The van der Waals surface area contributed by atoms with Gasteiger partial charge in [-0.25, -0.2) is 13.2 Å². The van der Waals surface area contributed by atoms with Crippen LogP contribution in [0.3, 0.4) is 0 Å². The van der Waals surface area contributed by atoms with Gasteiger partial charge in [-0.1, -0.05) is 17.7 Å². The van der Waals surface area contributed by atoms with Gasteiger partial charge in [0.05, 0.1) is 27.6 Å². The molecule has 3 aromatic carbocycles. The van der Waals surface area contributed by atoms with Crippen molar-refractivity contribution in [2.75, 3.05) is 17.5 Å². The molecule has 0 spiro atoms. The molecular formula is C23H22N2O8S. The molecule has 0 aliphatic carbocycles. The molecule has 178 valence electrons. The van der Waals surface area contributed by atoms with E-state index in [1.54, 1.807) is 12.1 Å². The Kier molecular flexibility index (Phi) is 7.49. The maximum absolute atomic E-state index is 13.4. The molecule has 11 heteroatoms. The number of rotatable bonds is 10. The monoisotopic (exact) mass is 486 g/mol. The summed E-state index contributed by atoms with van der Waals surface area (Å²) >= 11 is 0. The first-order chi connectivity index (χ1) is 16.1. The van der Waals surface area contributed by atoms with Crippen molar-refractivity contribution in [1.29, 1.82) is 0 Å². The summed E-state index contributed by atoms with van der Waals surface area (Å²) in [6.07, 6.45) is -1.27. The van der Waals surface area contributed by atoms with Crippen molar-refractivity contribution in [1.82, 2.24) is 0 Å². The zero-order valence-corrected chi connectivity index (χ0v) is 18.9. The number of carbonyl (C=O) groups is 1. The number of benzene rings is 3. The molecule has 0 fully saturated rings. The van der Waals surface area contributed by atoms with E-state index >= 15 is 0 Å². The van der Waals surface area contributed by atoms with E-state index in [0.717, 1.165) is 9.87 Å². The number of hydrogen-bond acceptors (Lipinski definition) is 7. The van der Waals surface area contributed by atoms with Crippen molar-refractivity contribution in [3.05, 3.63) is 94.0 Å². The Hall–Kier alpha value is -3.96. The number of ether oxygens (including phenoxy) is 1. The van der Waals surface area contributed by atoms with Crippen LogP contribution in [-0.2, 0) is 10.0 Å². The van der Waals surface area contributed by atoms with Gasteiger partial charge in [-0.15, -0.1) is 0 Å². The predicted molar refractivity (Wildman–Crippen MR) is 124 cm³/mol. The molecule has 0 aliphatic heterocycles. The number of anilines is 1. The fourth-order valence-electron chi connectivity index (χ4n) is 3.05. The number of aromatic carboxylic acids is 1. The third-order valence-corrected chi connectivity index (χ3v) is 6.69. The topological polar surface area (TPSA) is 147 Å². The number of carboxylic acids is 1. The number of aliphatic hydroxyl groups excluding tert-OH is 1. The third kappa shape index (κ3) is 5.88. The number of sulfonamides is 1. The van der Waals surface area contributed by atoms with Gasteiger partial charge in [-0.3, -0.25) is 14.4 Å². The Balaban J connectivity index is 1.83. The number of nitrogens with zero attached hydrogens (tertiary/aromatic N) is 2. The van der Waals surface area contributed by atoms with Crippen LogP contribution in [0.1, 0.15) is 15.9 Å². The molecule has 1 atom stereocenters. The van der Waals surface area contributed by atoms with E-state index in [9.17, 15) is 28.4 Å². The van der Waals surface area contributed by atoms with Crippen LogP contribution in [0.15, 0.2) is 77.7 Å². The summed E-state index contributed by atoms with van der Waals surface area (Å²) in [4.78, 5) is 21.4. The first kappa shape index (κ1) is 24.7. The molecule has 0 amide bonds. The lowest BCUT2D eigenvalue weighted by molar-refractivity contribution is -0.384. The van der Waals surface area contributed by atoms with Gasteiger partial charge in [-0.2, -0.15) is 0 Å². The number of nitro benzene ring substituents is 1. The smallest absolute Gasteiger partial charge is 0.335 e. The highest BCUT2D eigenvalue weighted by Gasteiger charge is 2.27. The molecule has 0 aromatic heterocycles. The summed E-state index contributed by atoms with van der Waals surface area (Å²) in [5.74, 6) is -0.889. The standard InChI is InChI=1S/C23H22N2O8S/c1-16-2-12-22(13-3-16)34(31,32)24(18-6-4-17(5-7-18)23(27)28)14-20(26)15-33-21-10-8-19(9-11-21)25(29)30/h2-13,20,26H,14-15H2,1H3,(H,27,28)/t20-/m1/s1. The summed E-state index contributed by atoms with van der Waals surface area (Å²) in [5.41, 5.74) is 0.902. The molecule has 3 aromatic rings. The minimum atomic E-state index is -4.10. The van der Waals surface area contributed by atoms with E-state index in [4.69, 9.17) is 9.84 Å². The first-order valence-electron chi connectivity index (χ1n) is 10.1. The lowest BCUT2D eigenvalue weighted by atomic mass is 10.2. The van der Waals surface area contributed by atoms with E-state index in [-0.39, 0.29) is 40.7 Å². The summed E-state index contributed by atoms with van der Waals surface area (Å²) in [6.45, 7) is 1.15. The zero-order chi connectivity index (χ0) is 24.9. The lowest BCUT2D eigenvalue weighted by Crippen LogP contribution is -2.40. The highest BCUT2D eigenvalue weighted by atomic mass is 32.2. The first-order valence-corrected chi connectivity index (χ1v) is 11.5. The fraction of sp³-hybridized carbons (Fsp3) is 0.174. The second-order valence-corrected chi connectivity index (χ2v) is 9.28. The number of non-ortho nitro benzene ring substituents is 1. The molecule has 34 heavy (non-hydrogen) atoms. The molecule has 3 rings (SSSR count). The Labute approximate surface area is 195 Å². The van der Waals surface area contributed by atoms with Crippen molar-refractivity contribution in [3.8, 4) is 5.75 Å². The minimum Gasteiger partial charge on any atom is -0.491 e. The Morgan fingerprint density at radius 3 is 2.15 bits per heavy atom. The van der Waals surface area contributed by atoms with Crippen molar-refractivity contribution in [2.45, 2.75) is 17.9 Å². The van der Waals surface area contributed by atoms with Crippen LogP contribution in [0.4, 0.5) is 11.4 Å². The SMILES string of the molecule is Cc1ccc(S(=O)(=O)N(C[C@@H](O)COc2ccc([N+](=O)[O-])cc2)c2ccc(C(=O)O)cc2)cc1. The van der Waals surface area contributed by atoms with Gasteiger partial charge in [0.15, 0.2) is 0 Å². The lowest BCUT2D eigenvalue weighted by Gasteiger charge is -2.27. The molecule has 0 radical (unpaired) electrons. The summed E-state index contributed by atoms with van der Waals surface area (Å²) in [5, 5.41) is 30.4. The van der Waals surface area contributed by atoms with Crippen molar-refractivity contribution in [3.63, 3.8) is 0 Å². The number of hydrogen-bond donors (Lipinski definition) is 2. The Morgan fingerprint density at radius 1 is 1.03 bits per heavy atom. The maximum Gasteiger partial charge on any atom is 0.335 e. The van der Waals surface area contributed by atoms with Crippen LogP contribution >= 0.6 is 0 Å². The third-order valence-electron chi connectivity index (χ3n) is 4.88. The van der Waals surface area contributed by atoms with Gasteiger partial charge in [0.25, 0.3) is 15.7 Å². The molecule has 10 nitrogen and oxygen atoms in total. The molecule has 0 heterocycles. The highest BCUT2D eigenvalue weighted by molar-refractivity contribution is 7.92. The molecule has 0 bridgehead atoms. The number of nitro groups is 1.